The predicted octanol–water partition coefficient (Wildman–Crippen LogP) is 2.41. The third kappa shape index (κ3) is 10.6. The highest BCUT2D eigenvalue weighted by molar-refractivity contribution is 7.98. The van der Waals surface area contributed by atoms with Crippen molar-refractivity contribution in [2.24, 2.45) is 0 Å². The highest BCUT2D eigenvalue weighted by atomic mass is 32.2. The number of nitrogens with one attached hydrogen (secondary N) is 2. The zero-order chi connectivity index (χ0) is 13.1. The summed E-state index contributed by atoms with van der Waals surface area (Å²) in [6, 6.07) is 0. The lowest BCUT2D eigenvalue weighted by atomic mass is 10.0. The first kappa shape index (κ1) is 16.8. The van der Waals surface area contributed by atoms with Crippen LogP contribution in [-0.2, 0) is 4.79 Å². The Hall–Kier alpha value is -0.220. The van der Waals surface area contributed by atoms with Crippen LogP contribution in [-0.4, -0.2) is 36.5 Å². The molecule has 0 aliphatic rings. The van der Waals surface area contributed by atoms with Crippen LogP contribution in [0.1, 0.15) is 46.5 Å². The van der Waals surface area contributed by atoms with Gasteiger partial charge in [0.15, 0.2) is 0 Å². The number of thioether (sulfide) groups is 1. The van der Waals surface area contributed by atoms with E-state index < -0.39 is 0 Å². The molecule has 0 saturated heterocycles. The van der Waals surface area contributed by atoms with E-state index >= 15 is 0 Å². The molecule has 0 unspecified atom stereocenters. The minimum Gasteiger partial charge on any atom is -0.350 e. The zero-order valence-corrected chi connectivity index (χ0v) is 12.6. The van der Waals surface area contributed by atoms with Gasteiger partial charge in [-0.1, -0.05) is 13.3 Å². The van der Waals surface area contributed by atoms with Crippen LogP contribution in [0.2, 0.25) is 0 Å². The van der Waals surface area contributed by atoms with Crippen molar-refractivity contribution in [1.29, 1.82) is 0 Å². The van der Waals surface area contributed by atoms with E-state index in [2.05, 4.69) is 23.8 Å². The van der Waals surface area contributed by atoms with Gasteiger partial charge in [-0.2, -0.15) is 11.8 Å². The molecule has 2 N–H and O–H groups in total. The van der Waals surface area contributed by atoms with Gasteiger partial charge in [0, 0.05) is 5.54 Å². The maximum atomic E-state index is 11.6. The van der Waals surface area contributed by atoms with Crippen LogP contribution in [0.5, 0.6) is 0 Å². The van der Waals surface area contributed by atoms with Crippen LogP contribution in [0.4, 0.5) is 0 Å². The summed E-state index contributed by atoms with van der Waals surface area (Å²) < 4.78 is 0. The number of hydrogen-bond acceptors (Lipinski definition) is 3. The summed E-state index contributed by atoms with van der Waals surface area (Å²) in [6.07, 6.45) is 6.77. The predicted molar refractivity (Wildman–Crippen MR) is 77.6 cm³/mol. The fraction of sp³-hybridized carbons (Fsp3) is 0.923. The molecule has 0 heterocycles. The Labute approximate surface area is 111 Å². The van der Waals surface area contributed by atoms with Crippen molar-refractivity contribution in [2.45, 2.75) is 52.0 Å². The Balaban J connectivity index is 3.40. The Morgan fingerprint density at radius 3 is 2.53 bits per heavy atom. The zero-order valence-electron chi connectivity index (χ0n) is 11.8. The molecule has 0 aliphatic carbocycles. The van der Waals surface area contributed by atoms with E-state index in [0.717, 1.165) is 19.4 Å². The molecule has 0 atom stereocenters. The minimum absolute atomic E-state index is 0.0862. The lowest BCUT2D eigenvalue weighted by molar-refractivity contribution is -0.121. The molecule has 4 heteroatoms. The monoisotopic (exact) mass is 260 g/mol. The maximum absolute atomic E-state index is 11.6. The molecule has 0 aromatic rings. The van der Waals surface area contributed by atoms with E-state index in [4.69, 9.17) is 0 Å². The van der Waals surface area contributed by atoms with Crippen molar-refractivity contribution in [2.75, 3.05) is 25.1 Å². The molecule has 0 rings (SSSR count). The molecule has 0 fully saturated rings. The lowest BCUT2D eigenvalue weighted by Gasteiger charge is -2.24. The second kappa shape index (κ2) is 9.77. The van der Waals surface area contributed by atoms with Crippen LogP contribution in [0.3, 0.4) is 0 Å². The first-order valence-corrected chi connectivity index (χ1v) is 7.92. The summed E-state index contributed by atoms with van der Waals surface area (Å²) in [6.45, 7) is 7.56. The van der Waals surface area contributed by atoms with Crippen molar-refractivity contribution in [1.82, 2.24) is 10.6 Å². The molecule has 102 valence electrons. The van der Waals surface area contributed by atoms with Crippen molar-refractivity contribution >= 4 is 17.7 Å². The van der Waals surface area contributed by atoms with Gasteiger partial charge in [0.1, 0.15) is 0 Å². The van der Waals surface area contributed by atoms with Gasteiger partial charge in [-0.15, -0.1) is 0 Å². The fourth-order valence-electron chi connectivity index (χ4n) is 1.39. The van der Waals surface area contributed by atoms with E-state index in [-0.39, 0.29) is 11.4 Å². The highest BCUT2D eigenvalue weighted by Crippen LogP contribution is 2.05. The summed E-state index contributed by atoms with van der Waals surface area (Å²) in [5.41, 5.74) is -0.0862. The third-order valence-corrected chi connectivity index (χ3v) is 3.55. The van der Waals surface area contributed by atoms with Gasteiger partial charge in [-0.25, -0.2) is 0 Å². The standard InChI is InChI=1S/C13H28N2OS/c1-5-13(2,3)15-12(16)11-14-9-7-6-8-10-17-4/h14H,5-11H2,1-4H3,(H,15,16). The molecular weight excluding hydrogens is 232 g/mol. The van der Waals surface area contributed by atoms with E-state index in [0.29, 0.717) is 6.54 Å². The molecule has 17 heavy (non-hydrogen) atoms. The van der Waals surface area contributed by atoms with Crippen molar-refractivity contribution < 1.29 is 4.79 Å². The average molecular weight is 260 g/mol. The smallest absolute Gasteiger partial charge is 0.234 e. The number of carbonyl (C=O) groups excluding carboxylic acids is 1. The Kier molecular flexibility index (Phi) is 9.65. The Bertz CT molecular complexity index is 208. The van der Waals surface area contributed by atoms with Gasteiger partial charge in [-0.3, -0.25) is 4.79 Å². The first-order valence-electron chi connectivity index (χ1n) is 6.52. The average Bonchev–Trinajstić information content (AvgIpc) is 2.27. The molecule has 0 saturated carbocycles. The fourth-order valence-corrected chi connectivity index (χ4v) is 1.88. The van der Waals surface area contributed by atoms with Crippen molar-refractivity contribution in [3.05, 3.63) is 0 Å². The van der Waals surface area contributed by atoms with Gasteiger partial charge in [-0.05, 0) is 51.7 Å². The molecule has 1 amide bonds. The number of carbonyl (C=O) groups is 1. The van der Waals surface area contributed by atoms with E-state index in [1.807, 2.05) is 25.6 Å². The summed E-state index contributed by atoms with van der Waals surface area (Å²) in [5, 5.41) is 6.20. The summed E-state index contributed by atoms with van der Waals surface area (Å²) in [7, 11) is 0. The van der Waals surface area contributed by atoms with Gasteiger partial charge < -0.3 is 10.6 Å². The maximum Gasteiger partial charge on any atom is 0.234 e. The summed E-state index contributed by atoms with van der Waals surface area (Å²) in [5.74, 6) is 1.34. The van der Waals surface area contributed by atoms with Gasteiger partial charge in [0.2, 0.25) is 5.91 Å². The Morgan fingerprint density at radius 2 is 1.94 bits per heavy atom. The number of amides is 1. The van der Waals surface area contributed by atoms with Crippen LogP contribution in [0.15, 0.2) is 0 Å². The molecule has 0 radical (unpaired) electrons. The van der Waals surface area contributed by atoms with Gasteiger partial charge in [0.25, 0.3) is 0 Å². The highest BCUT2D eigenvalue weighted by Gasteiger charge is 2.16. The van der Waals surface area contributed by atoms with Crippen LogP contribution < -0.4 is 10.6 Å². The van der Waals surface area contributed by atoms with Crippen LogP contribution >= 0.6 is 11.8 Å². The lowest BCUT2D eigenvalue weighted by Crippen LogP contribution is -2.46. The normalized spacial score (nSPS) is 11.5. The van der Waals surface area contributed by atoms with Gasteiger partial charge in [0.05, 0.1) is 6.54 Å². The number of unbranched alkanes of at least 4 members (excludes halogenated alkanes) is 2. The van der Waals surface area contributed by atoms with E-state index in [1.54, 1.807) is 0 Å². The third-order valence-electron chi connectivity index (χ3n) is 2.85. The molecule has 0 aromatic heterocycles. The SMILES string of the molecule is CCC(C)(C)NC(=O)CNCCCCCSC. The van der Waals surface area contributed by atoms with Crippen LogP contribution in [0.25, 0.3) is 0 Å². The first-order chi connectivity index (χ1) is 8.02. The summed E-state index contributed by atoms with van der Waals surface area (Å²) in [4.78, 5) is 11.6. The molecule has 0 spiro atoms. The molecular formula is C13H28N2OS. The molecule has 0 aromatic carbocycles. The molecule has 3 nitrogen and oxygen atoms in total. The van der Waals surface area contributed by atoms with Gasteiger partial charge >= 0.3 is 0 Å². The molecule has 0 aliphatic heterocycles. The molecule has 0 bridgehead atoms. The van der Waals surface area contributed by atoms with Crippen molar-refractivity contribution in [3.8, 4) is 0 Å². The Morgan fingerprint density at radius 1 is 1.24 bits per heavy atom. The van der Waals surface area contributed by atoms with Crippen LogP contribution in [0, 0.1) is 0 Å². The quantitative estimate of drug-likeness (QED) is 0.593. The van der Waals surface area contributed by atoms with E-state index in [1.165, 1.54) is 18.6 Å². The minimum atomic E-state index is -0.0862. The summed E-state index contributed by atoms with van der Waals surface area (Å²) >= 11 is 1.89. The number of rotatable bonds is 10. The largest absolute Gasteiger partial charge is 0.350 e. The van der Waals surface area contributed by atoms with E-state index in [9.17, 15) is 4.79 Å². The topological polar surface area (TPSA) is 41.1 Å². The second-order valence-electron chi connectivity index (χ2n) is 5.02. The van der Waals surface area contributed by atoms with Crippen molar-refractivity contribution in [3.63, 3.8) is 0 Å². The second-order valence-corrected chi connectivity index (χ2v) is 6.00. The number of hydrogen-bond donors (Lipinski definition) is 2.